The number of likely N-dealkylation sites (tertiary alicyclic amines) is 1. The van der Waals surface area contributed by atoms with Crippen LogP contribution < -0.4 is 4.90 Å². The van der Waals surface area contributed by atoms with E-state index in [0.29, 0.717) is 6.04 Å². The molecule has 0 aliphatic carbocycles. The van der Waals surface area contributed by atoms with Crippen LogP contribution in [0, 0.1) is 5.82 Å². The summed E-state index contributed by atoms with van der Waals surface area (Å²) < 4.78 is 19.2. The highest BCUT2D eigenvalue weighted by Crippen LogP contribution is 2.23. The Morgan fingerprint density at radius 3 is 2.64 bits per heavy atom. The fraction of sp³-hybridized carbons (Fsp3) is 0.500. The minimum absolute atomic E-state index is 0.111. The van der Waals surface area contributed by atoms with Gasteiger partial charge in [0.25, 0.3) is 0 Å². The van der Waals surface area contributed by atoms with Gasteiger partial charge in [-0.2, -0.15) is 0 Å². The van der Waals surface area contributed by atoms with Gasteiger partial charge in [0.1, 0.15) is 5.82 Å². The van der Waals surface area contributed by atoms with Gasteiger partial charge in [-0.3, -0.25) is 9.80 Å². The van der Waals surface area contributed by atoms with Gasteiger partial charge in [-0.15, -0.1) is 0 Å². The molecule has 2 saturated heterocycles. The van der Waals surface area contributed by atoms with Crippen molar-refractivity contribution < 1.29 is 8.81 Å². The number of hydrogen-bond donors (Lipinski definition) is 0. The highest BCUT2D eigenvalue weighted by Gasteiger charge is 2.28. The maximum absolute atomic E-state index is 14.0. The lowest BCUT2D eigenvalue weighted by Crippen LogP contribution is -2.55. The SMILES string of the molecule is Fc1ccccc1N1CCN(C2CCCN(Cc3ccoc3)C2)CC1. The van der Waals surface area contributed by atoms with Crippen molar-refractivity contribution in [1.82, 2.24) is 9.80 Å². The molecule has 1 aromatic heterocycles. The second-order valence-electron chi connectivity index (χ2n) is 7.14. The Morgan fingerprint density at radius 1 is 1.04 bits per heavy atom. The van der Waals surface area contributed by atoms with E-state index in [1.807, 2.05) is 18.4 Å². The van der Waals surface area contributed by atoms with E-state index in [0.717, 1.165) is 51.5 Å². The zero-order chi connectivity index (χ0) is 17.1. The van der Waals surface area contributed by atoms with Gasteiger partial charge in [0.15, 0.2) is 0 Å². The van der Waals surface area contributed by atoms with E-state index in [9.17, 15) is 4.39 Å². The van der Waals surface area contributed by atoms with Crippen molar-refractivity contribution in [2.24, 2.45) is 0 Å². The van der Waals surface area contributed by atoms with Crippen LogP contribution in [-0.4, -0.2) is 55.1 Å². The minimum atomic E-state index is -0.111. The van der Waals surface area contributed by atoms with Crippen LogP contribution in [0.5, 0.6) is 0 Å². The highest BCUT2D eigenvalue weighted by molar-refractivity contribution is 5.48. The molecule has 1 unspecified atom stereocenters. The predicted octanol–water partition coefficient (Wildman–Crippen LogP) is 3.21. The Hall–Kier alpha value is -1.85. The Kier molecular flexibility index (Phi) is 5.04. The van der Waals surface area contributed by atoms with Crippen LogP contribution in [0.15, 0.2) is 47.3 Å². The van der Waals surface area contributed by atoms with E-state index in [4.69, 9.17) is 4.42 Å². The second kappa shape index (κ2) is 7.58. The summed E-state index contributed by atoms with van der Waals surface area (Å²) in [6.45, 7) is 7.08. The number of rotatable bonds is 4. The molecular weight excluding hydrogens is 317 g/mol. The van der Waals surface area contributed by atoms with Crippen molar-refractivity contribution in [2.45, 2.75) is 25.4 Å². The van der Waals surface area contributed by atoms with Crippen molar-refractivity contribution in [3.05, 3.63) is 54.2 Å². The second-order valence-corrected chi connectivity index (χ2v) is 7.14. The minimum Gasteiger partial charge on any atom is -0.472 e. The van der Waals surface area contributed by atoms with Gasteiger partial charge in [-0.25, -0.2) is 4.39 Å². The van der Waals surface area contributed by atoms with Crippen molar-refractivity contribution in [1.29, 1.82) is 0 Å². The lowest BCUT2D eigenvalue weighted by Gasteiger charge is -2.44. The number of anilines is 1. The Balaban J connectivity index is 1.32. The van der Waals surface area contributed by atoms with Crippen LogP contribution in [0.4, 0.5) is 10.1 Å². The monoisotopic (exact) mass is 343 g/mol. The predicted molar refractivity (Wildman–Crippen MR) is 97.2 cm³/mol. The first kappa shape index (κ1) is 16.6. The summed E-state index contributed by atoms with van der Waals surface area (Å²) in [5.41, 5.74) is 2.00. The smallest absolute Gasteiger partial charge is 0.146 e. The first-order chi connectivity index (χ1) is 12.3. The van der Waals surface area contributed by atoms with Crippen molar-refractivity contribution >= 4 is 5.69 Å². The van der Waals surface area contributed by atoms with Crippen molar-refractivity contribution in [2.75, 3.05) is 44.2 Å². The third kappa shape index (κ3) is 3.88. The molecule has 5 heteroatoms. The molecule has 0 radical (unpaired) electrons. The lowest BCUT2D eigenvalue weighted by molar-refractivity contribution is 0.0886. The summed E-state index contributed by atoms with van der Waals surface area (Å²) in [7, 11) is 0. The number of para-hydroxylation sites is 1. The summed E-state index contributed by atoms with van der Waals surface area (Å²) in [4.78, 5) is 7.30. The largest absolute Gasteiger partial charge is 0.472 e. The quantitative estimate of drug-likeness (QED) is 0.850. The van der Waals surface area contributed by atoms with Gasteiger partial charge >= 0.3 is 0 Å². The summed E-state index contributed by atoms with van der Waals surface area (Å²) in [6.07, 6.45) is 6.10. The normalized spacial score (nSPS) is 23.1. The van der Waals surface area contributed by atoms with E-state index in [1.165, 1.54) is 18.4 Å². The van der Waals surface area contributed by atoms with E-state index >= 15 is 0 Å². The standard InChI is InChI=1S/C20H26FN3O/c21-19-5-1-2-6-20(19)24-11-9-23(10-12-24)18-4-3-8-22(15-18)14-17-7-13-25-16-17/h1-2,5-7,13,16,18H,3-4,8-12,14-15H2. The maximum atomic E-state index is 14.0. The first-order valence-electron chi connectivity index (χ1n) is 9.26. The summed E-state index contributed by atoms with van der Waals surface area (Å²) in [5, 5.41) is 0. The zero-order valence-corrected chi connectivity index (χ0v) is 14.6. The van der Waals surface area contributed by atoms with Gasteiger partial charge in [-0.05, 0) is 37.6 Å². The van der Waals surface area contributed by atoms with E-state index < -0.39 is 0 Å². The number of piperazine rings is 1. The molecule has 0 N–H and O–H groups in total. The van der Waals surface area contributed by atoms with E-state index in [-0.39, 0.29) is 5.82 Å². The number of halogens is 1. The number of furan rings is 1. The molecule has 1 aromatic carbocycles. The molecule has 1 atom stereocenters. The number of piperidine rings is 1. The molecule has 2 fully saturated rings. The summed E-state index contributed by atoms with van der Waals surface area (Å²) >= 11 is 0. The van der Waals surface area contributed by atoms with E-state index in [1.54, 1.807) is 18.4 Å². The molecular formula is C20H26FN3O. The highest BCUT2D eigenvalue weighted by atomic mass is 19.1. The molecule has 134 valence electrons. The molecule has 4 rings (SSSR count). The topological polar surface area (TPSA) is 22.9 Å². The zero-order valence-electron chi connectivity index (χ0n) is 14.6. The molecule has 4 nitrogen and oxygen atoms in total. The number of benzene rings is 1. The van der Waals surface area contributed by atoms with Gasteiger partial charge < -0.3 is 9.32 Å². The van der Waals surface area contributed by atoms with Crippen LogP contribution >= 0.6 is 0 Å². The van der Waals surface area contributed by atoms with Gasteiger partial charge in [-0.1, -0.05) is 12.1 Å². The lowest BCUT2D eigenvalue weighted by atomic mass is 10.0. The third-order valence-electron chi connectivity index (χ3n) is 5.49. The van der Waals surface area contributed by atoms with Crippen LogP contribution in [0.25, 0.3) is 0 Å². The fourth-order valence-corrected chi connectivity index (χ4v) is 4.15. The first-order valence-corrected chi connectivity index (χ1v) is 9.26. The van der Waals surface area contributed by atoms with Crippen LogP contribution in [0.2, 0.25) is 0 Å². The summed E-state index contributed by atoms with van der Waals surface area (Å²) in [5.74, 6) is -0.111. The van der Waals surface area contributed by atoms with Crippen molar-refractivity contribution in [3.63, 3.8) is 0 Å². The summed E-state index contributed by atoms with van der Waals surface area (Å²) in [6, 6.07) is 9.78. The van der Waals surface area contributed by atoms with Gasteiger partial charge in [0.05, 0.1) is 18.2 Å². The Bertz CT molecular complexity index is 667. The maximum Gasteiger partial charge on any atom is 0.146 e. The molecule has 2 aliphatic heterocycles. The molecule has 2 aliphatic rings. The molecule has 3 heterocycles. The number of nitrogens with zero attached hydrogens (tertiary/aromatic N) is 3. The molecule has 0 saturated carbocycles. The van der Waals surface area contributed by atoms with Crippen LogP contribution in [0.1, 0.15) is 18.4 Å². The molecule has 25 heavy (non-hydrogen) atoms. The van der Waals surface area contributed by atoms with Crippen molar-refractivity contribution in [3.8, 4) is 0 Å². The number of hydrogen-bond acceptors (Lipinski definition) is 4. The Morgan fingerprint density at radius 2 is 1.88 bits per heavy atom. The molecule has 0 amide bonds. The van der Waals surface area contributed by atoms with Gasteiger partial charge in [0, 0.05) is 50.9 Å². The van der Waals surface area contributed by atoms with Crippen LogP contribution in [0.3, 0.4) is 0 Å². The van der Waals surface area contributed by atoms with E-state index in [2.05, 4.69) is 20.8 Å². The molecule has 0 bridgehead atoms. The Labute approximate surface area is 148 Å². The fourth-order valence-electron chi connectivity index (χ4n) is 4.15. The van der Waals surface area contributed by atoms with Crippen LogP contribution in [-0.2, 0) is 6.54 Å². The molecule has 2 aromatic rings. The van der Waals surface area contributed by atoms with Gasteiger partial charge in [0.2, 0.25) is 0 Å². The third-order valence-corrected chi connectivity index (χ3v) is 5.49. The average Bonchev–Trinajstić information content (AvgIpc) is 3.16. The average molecular weight is 343 g/mol. The molecule has 0 spiro atoms.